The molecule has 1 atom stereocenters. The maximum absolute atomic E-state index is 14.0. The lowest BCUT2D eigenvalue weighted by molar-refractivity contribution is -0.141. The van der Waals surface area contributed by atoms with Crippen LogP contribution in [0, 0.1) is 0 Å². The Kier molecular flexibility index (Phi) is 7.08. The number of pyridine rings is 1. The fourth-order valence-electron chi connectivity index (χ4n) is 6.12. The van der Waals surface area contributed by atoms with Gasteiger partial charge in [-0.05, 0) is 42.0 Å². The Morgan fingerprint density at radius 1 is 1.09 bits per heavy atom. The van der Waals surface area contributed by atoms with E-state index in [0.29, 0.717) is 22.2 Å². The van der Waals surface area contributed by atoms with Crippen molar-refractivity contribution in [1.82, 2.24) is 15.0 Å². The molecule has 0 radical (unpaired) electrons. The molecule has 1 aliphatic rings. The number of H-pyrrole nitrogens is 2. The first-order valence-corrected chi connectivity index (χ1v) is 14.8. The minimum Gasteiger partial charge on any atom is -0.506 e. The number of benzene rings is 3. The van der Waals surface area contributed by atoms with Gasteiger partial charge in [-0.1, -0.05) is 18.2 Å². The van der Waals surface area contributed by atoms with Gasteiger partial charge < -0.3 is 30.0 Å². The highest BCUT2D eigenvalue weighted by atomic mass is 35.5. The fraction of sp³-hybridized carbons (Fsp3) is 0.152. The third kappa shape index (κ3) is 4.99. The molecular weight excluding hydrogens is 639 g/mol. The van der Waals surface area contributed by atoms with E-state index in [4.69, 9.17) is 11.6 Å². The summed E-state index contributed by atoms with van der Waals surface area (Å²) in [6.07, 6.45) is -3.48. The normalized spacial score (nSPS) is 14.6. The summed E-state index contributed by atoms with van der Waals surface area (Å²) in [6, 6.07) is 17.0. The van der Waals surface area contributed by atoms with Crippen LogP contribution in [0.4, 0.5) is 24.5 Å². The van der Waals surface area contributed by atoms with Crippen LogP contribution in [0.2, 0.25) is 0 Å². The van der Waals surface area contributed by atoms with Crippen LogP contribution in [-0.4, -0.2) is 57.4 Å². The predicted molar refractivity (Wildman–Crippen MR) is 169 cm³/mol. The molecule has 7 rings (SSSR count). The van der Waals surface area contributed by atoms with Crippen molar-refractivity contribution in [2.24, 2.45) is 0 Å². The van der Waals surface area contributed by atoms with E-state index in [2.05, 4.69) is 25.0 Å². The van der Waals surface area contributed by atoms with Crippen molar-refractivity contribution in [2.45, 2.75) is 12.1 Å². The van der Waals surface area contributed by atoms with Gasteiger partial charge in [-0.15, -0.1) is 11.6 Å². The molecule has 0 fully saturated rings. The van der Waals surface area contributed by atoms with Gasteiger partial charge in [-0.25, -0.2) is 4.79 Å². The van der Waals surface area contributed by atoms with Crippen molar-refractivity contribution in [3.8, 4) is 5.75 Å². The molecule has 3 aromatic heterocycles. The van der Waals surface area contributed by atoms with Crippen molar-refractivity contribution in [1.29, 1.82) is 0 Å². The molecule has 2 amide bonds. The molecule has 10 nitrogen and oxygen atoms in total. The second-order valence-corrected chi connectivity index (χ2v) is 11.4. The van der Waals surface area contributed by atoms with Crippen molar-refractivity contribution in [3.05, 3.63) is 94.9 Å². The zero-order chi connectivity index (χ0) is 33.2. The summed E-state index contributed by atoms with van der Waals surface area (Å²) in [5.41, 5.74) is 0.140. The Hall–Kier alpha value is -5.56. The number of carbonyl (C=O) groups excluding carboxylic acids is 3. The molecule has 0 unspecified atom stereocenters. The molecule has 0 bridgehead atoms. The molecule has 0 aliphatic carbocycles. The SMILES string of the molecule is COC(=O)c1c(C(F)(F)F)[nH]c2c(O)cc3c(c12)[C@H](CCl)CN3C(=O)c1cc2cc(NC(=O)c3cnc4ccccc4c3)ccc2[nH]1. The largest absolute Gasteiger partial charge is 0.506 e. The summed E-state index contributed by atoms with van der Waals surface area (Å²) >= 11 is 6.26. The number of hydrogen-bond donors (Lipinski definition) is 4. The first-order chi connectivity index (χ1) is 22.5. The summed E-state index contributed by atoms with van der Waals surface area (Å²) in [5.74, 6) is -3.53. The Labute approximate surface area is 268 Å². The minimum atomic E-state index is -4.97. The van der Waals surface area contributed by atoms with E-state index in [9.17, 15) is 32.7 Å². The number of fused-ring (bicyclic) bond motifs is 5. The summed E-state index contributed by atoms with van der Waals surface area (Å²) in [7, 11) is 0.951. The molecule has 0 saturated heterocycles. The third-order valence-electron chi connectivity index (χ3n) is 8.24. The van der Waals surface area contributed by atoms with Crippen molar-refractivity contribution < 1.29 is 37.4 Å². The second-order valence-electron chi connectivity index (χ2n) is 11.1. The predicted octanol–water partition coefficient (Wildman–Crippen LogP) is 6.94. The zero-order valence-electron chi connectivity index (χ0n) is 24.3. The van der Waals surface area contributed by atoms with Gasteiger partial charge in [-0.3, -0.25) is 14.6 Å². The lowest BCUT2D eigenvalue weighted by Gasteiger charge is -2.17. The molecule has 238 valence electrons. The molecule has 47 heavy (non-hydrogen) atoms. The molecular formula is C33H23ClF3N5O5. The highest BCUT2D eigenvalue weighted by molar-refractivity contribution is 6.20. The average Bonchev–Trinajstić information content (AvgIpc) is 3.77. The van der Waals surface area contributed by atoms with Crippen LogP contribution in [0.3, 0.4) is 0 Å². The molecule has 6 aromatic rings. The number of para-hydroxylation sites is 1. The number of phenols is 1. The number of anilines is 2. The minimum absolute atomic E-state index is 0.0279. The molecule has 0 spiro atoms. The number of nitrogens with one attached hydrogen (secondary N) is 3. The smallest absolute Gasteiger partial charge is 0.432 e. The number of nitrogens with zero attached hydrogens (tertiary/aromatic N) is 2. The van der Waals surface area contributed by atoms with Gasteiger partial charge in [0, 0.05) is 58.0 Å². The van der Waals surface area contributed by atoms with Crippen LogP contribution in [0.25, 0.3) is 32.7 Å². The van der Waals surface area contributed by atoms with E-state index in [1.807, 2.05) is 24.3 Å². The maximum Gasteiger partial charge on any atom is 0.432 e. The number of rotatable bonds is 5. The molecule has 3 aromatic carbocycles. The second kappa shape index (κ2) is 11.1. The van der Waals surface area contributed by atoms with Gasteiger partial charge in [-0.2, -0.15) is 13.2 Å². The first-order valence-electron chi connectivity index (χ1n) is 14.2. The van der Waals surface area contributed by atoms with Crippen LogP contribution in [0.5, 0.6) is 5.75 Å². The Balaban J connectivity index is 1.23. The zero-order valence-corrected chi connectivity index (χ0v) is 25.1. The number of halogens is 4. The summed E-state index contributed by atoms with van der Waals surface area (Å²) < 4.78 is 46.6. The summed E-state index contributed by atoms with van der Waals surface area (Å²) in [6.45, 7) is -0.0279. The molecule has 1 aliphatic heterocycles. The number of carbonyl (C=O) groups is 3. The van der Waals surface area contributed by atoms with Gasteiger partial charge in [0.25, 0.3) is 11.8 Å². The van der Waals surface area contributed by atoms with Crippen LogP contribution in [-0.2, 0) is 10.9 Å². The topological polar surface area (TPSA) is 140 Å². The Morgan fingerprint density at radius 3 is 2.62 bits per heavy atom. The highest BCUT2D eigenvalue weighted by Crippen LogP contribution is 2.49. The van der Waals surface area contributed by atoms with E-state index in [1.54, 1.807) is 30.3 Å². The molecule has 14 heteroatoms. The summed E-state index contributed by atoms with van der Waals surface area (Å²) in [4.78, 5) is 50.3. The number of ether oxygens (including phenoxy) is 1. The number of amides is 2. The molecule has 0 saturated carbocycles. The van der Waals surface area contributed by atoms with E-state index in [1.165, 1.54) is 17.2 Å². The first kappa shape index (κ1) is 30.1. The van der Waals surface area contributed by atoms with Crippen molar-refractivity contribution in [2.75, 3.05) is 29.8 Å². The summed E-state index contributed by atoms with van der Waals surface area (Å²) in [5, 5.41) is 14.9. The van der Waals surface area contributed by atoms with E-state index in [0.717, 1.165) is 18.0 Å². The number of aromatic amines is 2. The van der Waals surface area contributed by atoms with Crippen molar-refractivity contribution >= 4 is 73.5 Å². The maximum atomic E-state index is 14.0. The van der Waals surface area contributed by atoms with Crippen LogP contribution in [0.15, 0.2) is 66.9 Å². The lowest BCUT2D eigenvalue weighted by atomic mass is 9.95. The quantitative estimate of drug-likeness (QED) is 0.117. The standard InChI is InChI=1S/C33H23ClF3N5O5/c1-47-32(46)27-26-25-18(12-34)14-42(23(25)11-24(43)28(26)41-29(27)33(35,36)37)31(45)22-10-16-9-19(6-7-21(16)40-22)39-30(44)17-8-15-4-2-3-5-20(15)38-13-17/h2-11,13,18,40-41,43H,12,14H2,1H3,(H,39,44)/t18-/m1/s1. The highest BCUT2D eigenvalue weighted by Gasteiger charge is 2.43. The number of esters is 1. The Morgan fingerprint density at radius 2 is 1.87 bits per heavy atom. The number of methoxy groups -OCH3 is 1. The third-order valence-corrected chi connectivity index (χ3v) is 8.62. The molecule has 4 heterocycles. The van der Waals surface area contributed by atoms with Crippen LogP contribution < -0.4 is 10.2 Å². The van der Waals surface area contributed by atoms with E-state index < -0.39 is 41.0 Å². The number of hydrogen-bond acceptors (Lipinski definition) is 6. The monoisotopic (exact) mass is 661 g/mol. The van der Waals surface area contributed by atoms with Crippen LogP contribution >= 0.6 is 11.6 Å². The number of aromatic hydroxyl groups is 1. The lowest BCUT2D eigenvalue weighted by Crippen LogP contribution is -2.30. The molecule has 4 N–H and O–H groups in total. The van der Waals surface area contributed by atoms with Gasteiger partial charge >= 0.3 is 12.1 Å². The van der Waals surface area contributed by atoms with Gasteiger partial charge in [0.1, 0.15) is 17.1 Å². The van der Waals surface area contributed by atoms with E-state index in [-0.39, 0.29) is 46.2 Å². The van der Waals surface area contributed by atoms with Gasteiger partial charge in [0.2, 0.25) is 0 Å². The fourth-order valence-corrected chi connectivity index (χ4v) is 6.37. The van der Waals surface area contributed by atoms with Gasteiger partial charge in [0.05, 0.1) is 35.0 Å². The number of alkyl halides is 4. The average molecular weight is 662 g/mol. The van der Waals surface area contributed by atoms with Crippen molar-refractivity contribution in [3.63, 3.8) is 0 Å². The number of aromatic nitrogens is 3. The number of phenolic OH excluding ortho intramolecular Hbond substituents is 1. The van der Waals surface area contributed by atoms with E-state index >= 15 is 0 Å². The van der Waals surface area contributed by atoms with Crippen LogP contribution in [0.1, 0.15) is 48.4 Å². The van der Waals surface area contributed by atoms with Gasteiger partial charge in [0.15, 0.2) is 0 Å². The Bertz CT molecular complexity index is 2280.